The molecule has 3 heteroatoms. The maximum absolute atomic E-state index is 5.90. The Morgan fingerprint density at radius 1 is 1.38 bits per heavy atom. The molecular formula is C13H22N2O. The molecule has 0 heterocycles. The predicted molar refractivity (Wildman–Crippen MR) is 70.0 cm³/mol. The molecule has 0 aromatic heterocycles. The number of nitrogens with two attached hydrogens (primary N) is 1. The van der Waals surface area contributed by atoms with Crippen LogP contribution in [0, 0.1) is 5.92 Å². The van der Waals surface area contributed by atoms with Gasteiger partial charge in [-0.1, -0.05) is 13.8 Å². The fraction of sp³-hybridized carbons (Fsp3) is 0.538. The van der Waals surface area contributed by atoms with Crippen molar-refractivity contribution in [3.63, 3.8) is 0 Å². The van der Waals surface area contributed by atoms with Gasteiger partial charge in [0.1, 0.15) is 5.75 Å². The Kier molecular flexibility index (Phi) is 4.96. The summed E-state index contributed by atoms with van der Waals surface area (Å²) in [6.07, 6.45) is 2.41. The van der Waals surface area contributed by atoms with Crippen LogP contribution in [0.25, 0.3) is 0 Å². The Balaban J connectivity index is 2.42. The number of anilines is 2. The molecule has 0 unspecified atom stereocenters. The highest BCUT2D eigenvalue weighted by Gasteiger charge is 2.00. The van der Waals surface area contributed by atoms with Gasteiger partial charge in [-0.05, 0) is 30.9 Å². The topological polar surface area (TPSA) is 47.3 Å². The maximum Gasteiger partial charge on any atom is 0.121 e. The van der Waals surface area contributed by atoms with Gasteiger partial charge >= 0.3 is 0 Å². The van der Waals surface area contributed by atoms with E-state index in [1.54, 1.807) is 7.11 Å². The molecule has 0 amide bonds. The van der Waals surface area contributed by atoms with Crippen LogP contribution in [0.1, 0.15) is 26.7 Å². The van der Waals surface area contributed by atoms with Crippen molar-refractivity contribution >= 4 is 11.4 Å². The lowest BCUT2D eigenvalue weighted by atomic mass is 10.1. The average molecular weight is 222 g/mol. The molecule has 1 aromatic carbocycles. The van der Waals surface area contributed by atoms with E-state index in [1.165, 1.54) is 12.8 Å². The third-order valence-corrected chi connectivity index (χ3v) is 2.53. The number of methoxy groups -OCH3 is 1. The van der Waals surface area contributed by atoms with Gasteiger partial charge in [0.05, 0.1) is 18.5 Å². The second kappa shape index (κ2) is 6.26. The summed E-state index contributed by atoms with van der Waals surface area (Å²) in [5, 5.41) is 3.34. The fourth-order valence-electron chi connectivity index (χ4n) is 1.56. The van der Waals surface area contributed by atoms with Crippen molar-refractivity contribution in [2.75, 3.05) is 24.7 Å². The standard InChI is InChI=1S/C13H22N2O/c1-10(2)5-4-8-15-13-7-6-11(16-3)9-12(13)14/h6-7,9-10,15H,4-5,8,14H2,1-3H3. The van der Waals surface area contributed by atoms with Crippen LogP contribution < -0.4 is 15.8 Å². The zero-order valence-electron chi connectivity index (χ0n) is 10.4. The van der Waals surface area contributed by atoms with Gasteiger partial charge in [0.25, 0.3) is 0 Å². The van der Waals surface area contributed by atoms with E-state index in [1.807, 2.05) is 18.2 Å². The van der Waals surface area contributed by atoms with Gasteiger partial charge in [0.15, 0.2) is 0 Å². The van der Waals surface area contributed by atoms with Crippen molar-refractivity contribution in [3.05, 3.63) is 18.2 Å². The summed E-state index contributed by atoms with van der Waals surface area (Å²) >= 11 is 0. The third kappa shape index (κ3) is 4.01. The molecule has 3 nitrogen and oxygen atoms in total. The van der Waals surface area contributed by atoms with Crippen molar-refractivity contribution in [2.24, 2.45) is 5.92 Å². The number of hydrogen-bond donors (Lipinski definition) is 2. The maximum atomic E-state index is 5.90. The van der Waals surface area contributed by atoms with Crippen LogP contribution in [-0.2, 0) is 0 Å². The monoisotopic (exact) mass is 222 g/mol. The zero-order chi connectivity index (χ0) is 12.0. The summed E-state index contributed by atoms with van der Waals surface area (Å²) < 4.78 is 5.10. The largest absolute Gasteiger partial charge is 0.497 e. The Morgan fingerprint density at radius 2 is 2.12 bits per heavy atom. The first kappa shape index (κ1) is 12.7. The van der Waals surface area contributed by atoms with Gasteiger partial charge in [-0.3, -0.25) is 0 Å². The minimum Gasteiger partial charge on any atom is -0.497 e. The van der Waals surface area contributed by atoms with E-state index in [9.17, 15) is 0 Å². The molecule has 3 N–H and O–H groups in total. The minimum atomic E-state index is 0.740. The van der Waals surface area contributed by atoms with Gasteiger partial charge < -0.3 is 15.8 Å². The van der Waals surface area contributed by atoms with Crippen molar-refractivity contribution in [1.82, 2.24) is 0 Å². The molecule has 1 aromatic rings. The number of benzene rings is 1. The summed E-state index contributed by atoms with van der Waals surface area (Å²) in [5.74, 6) is 1.56. The van der Waals surface area contributed by atoms with Crippen LogP contribution in [-0.4, -0.2) is 13.7 Å². The highest BCUT2D eigenvalue weighted by atomic mass is 16.5. The number of nitrogen functional groups attached to an aromatic ring is 1. The predicted octanol–water partition coefficient (Wildman–Crippen LogP) is 3.13. The molecule has 0 aliphatic heterocycles. The van der Waals surface area contributed by atoms with Crippen LogP contribution in [0.2, 0.25) is 0 Å². The van der Waals surface area contributed by atoms with E-state index in [-0.39, 0.29) is 0 Å². The fourth-order valence-corrected chi connectivity index (χ4v) is 1.56. The van der Waals surface area contributed by atoms with E-state index < -0.39 is 0 Å². The first-order valence-electron chi connectivity index (χ1n) is 5.81. The molecule has 16 heavy (non-hydrogen) atoms. The van der Waals surface area contributed by atoms with Gasteiger partial charge in [-0.25, -0.2) is 0 Å². The number of hydrogen-bond acceptors (Lipinski definition) is 3. The zero-order valence-corrected chi connectivity index (χ0v) is 10.4. The van der Waals surface area contributed by atoms with Crippen molar-refractivity contribution in [2.45, 2.75) is 26.7 Å². The number of ether oxygens (including phenoxy) is 1. The molecule has 0 aliphatic rings. The molecule has 0 spiro atoms. The number of nitrogens with one attached hydrogen (secondary N) is 1. The van der Waals surface area contributed by atoms with Crippen LogP contribution in [0.4, 0.5) is 11.4 Å². The first-order valence-corrected chi connectivity index (χ1v) is 5.81. The lowest BCUT2D eigenvalue weighted by Crippen LogP contribution is -2.05. The second-order valence-corrected chi connectivity index (χ2v) is 4.42. The minimum absolute atomic E-state index is 0.740. The Morgan fingerprint density at radius 3 is 2.69 bits per heavy atom. The molecule has 0 bridgehead atoms. The number of rotatable bonds is 6. The molecular weight excluding hydrogens is 200 g/mol. The van der Waals surface area contributed by atoms with Crippen LogP contribution >= 0.6 is 0 Å². The molecule has 0 saturated carbocycles. The van der Waals surface area contributed by atoms with Crippen LogP contribution in [0.3, 0.4) is 0 Å². The van der Waals surface area contributed by atoms with Gasteiger partial charge in [0.2, 0.25) is 0 Å². The van der Waals surface area contributed by atoms with Gasteiger partial charge in [0, 0.05) is 12.6 Å². The molecule has 0 saturated heterocycles. The van der Waals surface area contributed by atoms with Crippen molar-refractivity contribution in [3.8, 4) is 5.75 Å². The van der Waals surface area contributed by atoms with Gasteiger partial charge in [-0.2, -0.15) is 0 Å². The Labute approximate surface area is 98.0 Å². The van der Waals surface area contributed by atoms with E-state index in [0.29, 0.717) is 0 Å². The third-order valence-electron chi connectivity index (χ3n) is 2.53. The van der Waals surface area contributed by atoms with Crippen LogP contribution in [0.15, 0.2) is 18.2 Å². The van der Waals surface area contributed by atoms with Crippen molar-refractivity contribution in [1.29, 1.82) is 0 Å². The molecule has 0 atom stereocenters. The molecule has 0 aliphatic carbocycles. The normalized spacial score (nSPS) is 10.5. The summed E-state index contributed by atoms with van der Waals surface area (Å²) in [6, 6.07) is 5.72. The van der Waals surface area contributed by atoms with E-state index in [2.05, 4.69) is 19.2 Å². The Bertz CT molecular complexity index is 324. The summed E-state index contributed by atoms with van der Waals surface area (Å²) in [7, 11) is 1.64. The SMILES string of the molecule is COc1ccc(NCCCC(C)C)c(N)c1. The quantitative estimate of drug-likeness (QED) is 0.574. The molecule has 0 fully saturated rings. The lowest BCUT2D eigenvalue weighted by molar-refractivity contribution is 0.415. The molecule has 1 rings (SSSR count). The highest BCUT2D eigenvalue weighted by molar-refractivity contribution is 5.68. The van der Waals surface area contributed by atoms with Crippen LogP contribution in [0.5, 0.6) is 5.75 Å². The van der Waals surface area contributed by atoms with E-state index in [4.69, 9.17) is 10.5 Å². The van der Waals surface area contributed by atoms with E-state index in [0.717, 1.165) is 29.6 Å². The smallest absolute Gasteiger partial charge is 0.121 e. The van der Waals surface area contributed by atoms with Gasteiger partial charge in [-0.15, -0.1) is 0 Å². The second-order valence-electron chi connectivity index (χ2n) is 4.42. The summed E-state index contributed by atoms with van der Waals surface area (Å²) in [5.41, 5.74) is 7.63. The van der Waals surface area contributed by atoms with Crippen molar-refractivity contribution < 1.29 is 4.74 Å². The molecule has 90 valence electrons. The average Bonchev–Trinajstić information content (AvgIpc) is 2.25. The first-order chi connectivity index (χ1) is 7.63. The Hall–Kier alpha value is -1.38. The lowest BCUT2D eigenvalue weighted by Gasteiger charge is -2.11. The summed E-state index contributed by atoms with van der Waals surface area (Å²) in [4.78, 5) is 0. The van der Waals surface area contributed by atoms with E-state index >= 15 is 0 Å². The molecule has 0 radical (unpaired) electrons. The highest BCUT2D eigenvalue weighted by Crippen LogP contribution is 2.23. The summed E-state index contributed by atoms with van der Waals surface area (Å²) in [6.45, 7) is 5.44.